The standard InChI is InChI=1S/C12H13ClN2O/c1-8(2)5-12(16)15-11-4-3-9(7-14)6-10(11)13/h3-4,6,8H,5H2,1-2H3,(H,15,16). The van der Waals surface area contributed by atoms with E-state index in [0.29, 0.717) is 28.6 Å². The lowest BCUT2D eigenvalue weighted by Gasteiger charge is -2.08. The van der Waals surface area contributed by atoms with Gasteiger partial charge >= 0.3 is 0 Å². The van der Waals surface area contributed by atoms with E-state index in [-0.39, 0.29) is 5.91 Å². The van der Waals surface area contributed by atoms with Crippen LogP contribution in [-0.2, 0) is 4.79 Å². The molecule has 0 aromatic heterocycles. The highest BCUT2D eigenvalue weighted by Crippen LogP contribution is 2.23. The van der Waals surface area contributed by atoms with Gasteiger partial charge in [-0.3, -0.25) is 4.79 Å². The third kappa shape index (κ3) is 3.56. The van der Waals surface area contributed by atoms with Crippen LogP contribution in [0, 0.1) is 17.2 Å². The molecule has 0 aliphatic heterocycles. The Morgan fingerprint density at radius 1 is 1.56 bits per heavy atom. The van der Waals surface area contributed by atoms with Gasteiger partial charge in [-0.15, -0.1) is 0 Å². The molecule has 0 saturated carbocycles. The monoisotopic (exact) mass is 236 g/mol. The summed E-state index contributed by atoms with van der Waals surface area (Å²) in [7, 11) is 0. The molecule has 0 fully saturated rings. The van der Waals surface area contributed by atoms with Crippen molar-refractivity contribution in [3.05, 3.63) is 28.8 Å². The van der Waals surface area contributed by atoms with Crippen LogP contribution >= 0.6 is 11.6 Å². The Morgan fingerprint density at radius 3 is 2.75 bits per heavy atom. The molecule has 0 aliphatic carbocycles. The zero-order chi connectivity index (χ0) is 12.1. The SMILES string of the molecule is CC(C)CC(=O)Nc1ccc(C#N)cc1Cl. The zero-order valence-electron chi connectivity index (χ0n) is 9.25. The minimum atomic E-state index is -0.0680. The predicted octanol–water partition coefficient (Wildman–Crippen LogP) is 3.20. The molecule has 1 rings (SSSR count). The number of benzene rings is 1. The van der Waals surface area contributed by atoms with Crippen LogP contribution in [-0.4, -0.2) is 5.91 Å². The fourth-order valence-corrected chi connectivity index (χ4v) is 1.49. The van der Waals surface area contributed by atoms with Gasteiger partial charge in [0.2, 0.25) is 5.91 Å². The minimum Gasteiger partial charge on any atom is -0.325 e. The Hall–Kier alpha value is -1.53. The summed E-state index contributed by atoms with van der Waals surface area (Å²) in [6, 6.07) is 6.78. The summed E-state index contributed by atoms with van der Waals surface area (Å²) < 4.78 is 0. The molecule has 1 aromatic carbocycles. The molecular formula is C12H13ClN2O. The van der Waals surface area contributed by atoms with Gasteiger partial charge in [-0.25, -0.2) is 0 Å². The van der Waals surface area contributed by atoms with Gasteiger partial charge in [-0.05, 0) is 24.1 Å². The van der Waals surface area contributed by atoms with Gasteiger partial charge < -0.3 is 5.32 Å². The lowest BCUT2D eigenvalue weighted by Crippen LogP contribution is -2.14. The van der Waals surface area contributed by atoms with Crippen molar-refractivity contribution in [2.24, 2.45) is 5.92 Å². The highest BCUT2D eigenvalue weighted by molar-refractivity contribution is 6.33. The minimum absolute atomic E-state index is 0.0680. The van der Waals surface area contributed by atoms with E-state index in [2.05, 4.69) is 5.32 Å². The number of carbonyl (C=O) groups excluding carboxylic acids is 1. The molecule has 16 heavy (non-hydrogen) atoms. The summed E-state index contributed by atoms with van der Waals surface area (Å²) in [5.74, 6) is 0.235. The Kier molecular flexibility index (Phi) is 4.33. The van der Waals surface area contributed by atoms with Crippen molar-refractivity contribution < 1.29 is 4.79 Å². The van der Waals surface area contributed by atoms with Gasteiger partial charge in [-0.1, -0.05) is 25.4 Å². The molecule has 1 amide bonds. The largest absolute Gasteiger partial charge is 0.325 e. The van der Waals surface area contributed by atoms with Gasteiger partial charge in [-0.2, -0.15) is 5.26 Å². The van der Waals surface area contributed by atoms with Crippen molar-refractivity contribution >= 4 is 23.2 Å². The first-order valence-electron chi connectivity index (χ1n) is 5.02. The summed E-state index contributed by atoms with van der Waals surface area (Å²) in [6.07, 6.45) is 0.455. The molecule has 3 nitrogen and oxygen atoms in total. The average molecular weight is 237 g/mol. The van der Waals surface area contributed by atoms with E-state index >= 15 is 0 Å². The molecule has 0 heterocycles. The highest BCUT2D eigenvalue weighted by atomic mass is 35.5. The van der Waals surface area contributed by atoms with E-state index < -0.39 is 0 Å². The molecule has 0 saturated heterocycles. The first-order valence-corrected chi connectivity index (χ1v) is 5.40. The lowest BCUT2D eigenvalue weighted by molar-refractivity contribution is -0.116. The summed E-state index contributed by atoms with van der Waals surface area (Å²) >= 11 is 5.92. The molecule has 4 heteroatoms. The number of halogens is 1. The zero-order valence-corrected chi connectivity index (χ0v) is 10.0. The number of carbonyl (C=O) groups is 1. The number of nitrogens with one attached hydrogen (secondary N) is 1. The average Bonchev–Trinajstić information content (AvgIpc) is 2.19. The fourth-order valence-electron chi connectivity index (χ4n) is 1.26. The number of hydrogen-bond acceptors (Lipinski definition) is 2. The number of nitriles is 1. The van der Waals surface area contributed by atoms with Crippen LogP contribution in [0.15, 0.2) is 18.2 Å². The highest BCUT2D eigenvalue weighted by Gasteiger charge is 2.08. The lowest BCUT2D eigenvalue weighted by atomic mass is 10.1. The van der Waals surface area contributed by atoms with E-state index in [1.807, 2.05) is 19.9 Å². The van der Waals surface area contributed by atoms with Crippen LogP contribution in [0.5, 0.6) is 0 Å². The van der Waals surface area contributed by atoms with Gasteiger partial charge in [0, 0.05) is 6.42 Å². The van der Waals surface area contributed by atoms with Crippen molar-refractivity contribution in [1.29, 1.82) is 5.26 Å². The van der Waals surface area contributed by atoms with Crippen LogP contribution in [0.2, 0.25) is 5.02 Å². The Balaban J connectivity index is 2.75. The molecule has 1 aromatic rings. The van der Waals surface area contributed by atoms with E-state index in [1.165, 1.54) is 6.07 Å². The topological polar surface area (TPSA) is 52.9 Å². The molecule has 1 N–H and O–H groups in total. The summed E-state index contributed by atoms with van der Waals surface area (Å²) in [4.78, 5) is 11.5. The van der Waals surface area contributed by atoms with Crippen molar-refractivity contribution in [2.45, 2.75) is 20.3 Å². The van der Waals surface area contributed by atoms with Gasteiger partial charge in [0.1, 0.15) is 0 Å². The van der Waals surface area contributed by atoms with Gasteiger partial charge in [0.15, 0.2) is 0 Å². The maximum atomic E-state index is 11.5. The summed E-state index contributed by atoms with van der Waals surface area (Å²) in [6.45, 7) is 3.94. The summed E-state index contributed by atoms with van der Waals surface area (Å²) in [5.41, 5.74) is 1.03. The number of rotatable bonds is 3. The van der Waals surface area contributed by atoms with Crippen molar-refractivity contribution in [2.75, 3.05) is 5.32 Å². The van der Waals surface area contributed by atoms with Gasteiger partial charge in [0.25, 0.3) is 0 Å². The third-order valence-electron chi connectivity index (χ3n) is 1.97. The van der Waals surface area contributed by atoms with Crippen LogP contribution in [0.4, 0.5) is 5.69 Å². The van der Waals surface area contributed by atoms with E-state index in [4.69, 9.17) is 16.9 Å². The normalized spacial score (nSPS) is 9.94. The number of nitrogens with zero attached hydrogens (tertiary/aromatic N) is 1. The van der Waals surface area contributed by atoms with Crippen LogP contribution < -0.4 is 5.32 Å². The van der Waals surface area contributed by atoms with Crippen molar-refractivity contribution in [3.63, 3.8) is 0 Å². The van der Waals surface area contributed by atoms with Crippen LogP contribution in [0.3, 0.4) is 0 Å². The molecule has 0 aliphatic rings. The molecule has 0 bridgehead atoms. The molecule has 84 valence electrons. The van der Waals surface area contributed by atoms with Crippen LogP contribution in [0.1, 0.15) is 25.8 Å². The molecule has 0 radical (unpaired) electrons. The van der Waals surface area contributed by atoms with Crippen LogP contribution in [0.25, 0.3) is 0 Å². The Labute approximate surface area is 100 Å². The first-order chi connectivity index (χ1) is 7.52. The van der Waals surface area contributed by atoms with E-state index in [0.717, 1.165) is 0 Å². The molecule has 0 unspecified atom stereocenters. The van der Waals surface area contributed by atoms with E-state index in [1.54, 1.807) is 12.1 Å². The third-order valence-corrected chi connectivity index (χ3v) is 2.28. The maximum absolute atomic E-state index is 11.5. The maximum Gasteiger partial charge on any atom is 0.224 e. The second-order valence-electron chi connectivity index (χ2n) is 3.95. The van der Waals surface area contributed by atoms with Crippen molar-refractivity contribution in [1.82, 2.24) is 0 Å². The quantitative estimate of drug-likeness (QED) is 0.876. The molecular weight excluding hydrogens is 224 g/mol. The molecule has 0 spiro atoms. The first kappa shape index (κ1) is 12.5. The second-order valence-corrected chi connectivity index (χ2v) is 4.36. The fraction of sp³-hybridized carbons (Fsp3) is 0.333. The smallest absolute Gasteiger partial charge is 0.224 e. The van der Waals surface area contributed by atoms with Crippen molar-refractivity contribution in [3.8, 4) is 6.07 Å². The summed E-state index contributed by atoms with van der Waals surface area (Å²) in [5, 5.41) is 11.8. The number of hydrogen-bond donors (Lipinski definition) is 1. The number of amides is 1. The second kappa shape index (κ2) is 5.53. The Bertz CT molecular complexity index is 435. The number of anilines is 1. The predicted molar refractivity (Wildman–Crippen MR) is 64.3 cm³/mol. The van der Waals surface area contributed by atoms with Gasteiger partial charge in [0.05, 0.1) is 22.3 Å². The Morgan fingerprint density at radius 2 is 2.25 bits per heavy atom. The molecule has 0 atom stereocenters. The van der Waals surface area contributed by atoms with E-state index in [9.17, 15) is 4.79 Å².